The van der Waals surface area contributed by atoms with Gasteiger partial charge in [0.05, 0.1) is 19.6 Å². The second-order valence-corrected chi connectivity index (χ2v) is 8.53. The van der Waals surface area contributed by atoms with Crippen molar-refractivity contribution in [3.63, 3.8) is 0 Å². The zero-order chi connectivity index (χ0) is 23.8. The summed E-state index contributed by atoms with van der Waals surface area (Å²) in [6, 6.07) is 7.84. The lowest BCUT2D eigenvalue weighted by atomic mass is 10.0. The molecule has 1 fully saturated rings. The summed E-state index contributed by atoms with van der Waals surface area (Å²) in [6.07, 6.45) is 3.59. The fourth-order valence-electron chi connectivity index (χ4n) is 3.64. The SMILES string of the molecule is COCCNC(=O)CC1C(=O)N(CCc2ccc(Cl)cc2Cl)CC(=O)N1Cc1ccncc1. The molecule has 1 aliphatic rings. The van der Waals surface area contributed by atoms with E-state index in [0.29, 0.717) is 36.2 Å². The van der Waals surface area contributed by atoms with Gasteiger partial charge in [-0.05, 0) is 41.8 Å². The molecule has 0 aliphatic carbocycles. The smallest absolute Gasteiger partial charge is 0.246 e. The second-order valence-electron chi connectivity index (χ2n) is 7.69. The number of hydrogen-bond donors (Lipinski definition) is 1. The predicted molar refractivity (Wildman–Crippen MR) is 125 cm³/mol. The van der Waals surface area contributed by atoms with E-state index in [1.807, 2.05) is 0 Å². The van der Waals surface area contributed by atoms with E-state index in [4.69, 9.17) is 27.9 Å². The summed E-state index contributed by atoms with van der Waals surface area (Å²) < 4.78 is 4.95. The zero-order valence-corrected chi connectivity index (χ0v) is 19.8. The molecule has 1 aromatic heterocycles. The third-order valence-corrected chi connectivity index (χ3v) is 5.98. The van der Waals surface area contributed by atoms with Crippen LogP contribution in [0.25, 0.3) is 0 Å². The maximum absolute atomic E-state index is 13.4. The van der Waals surface area contributed by atoms with Crippen LogP contribution < -0.4 is 5.32 Å². The minimum absolute atomic E-state index is 0.0586. The first kappa shape index (κ1) is 25.0. The van der Waals surface area contributed by atoms with Gasteiger partial charge < -0.3 is 19.9 Å². The summed E-state index contributed by atoms with van der Waals surface area (Å²) in [6.45, 7) is 1.15. The van der Waals surface area contributed by atoms with Crippen LogP contribution >= 0.6 is 23.2 Å². The Bertz CT molecular complexity index is 990. The van der Waals surface area contributed by atoms with Crippen molar-refractivity contribution in [2.45, 2.75) is 25.4 Å². The molecule has 0 bridgehead atoms. The van der Waals surface area contributed by atoms with Gasteiger partial charge in [0, 0.05) is 49.2 Å². The lowest BCUT2D eigenvalue weighted by Gasteiger charge is -2.40. The molecule has 3 amide bonds. The van der Waals surface area contributed by atoms with Gasteiger partial charge in [-0.15, -0.1) is 0 Å². The summed E-state index contributed by atoms with van der Waals surface area (Å²) in [5, 5.41) is 3.76. The number of hydrogen-bond acceptors (Lipinski definition) is 5. The number of carbonyl (C=O) groups is 3. The number of benzene rings is 1. The van der Waals surface area contributed by atoms with Gasteiger partial charge in [-0.1, -0.05) is 29.3 Å². The average Bonchev–Trinajstić information content (AvgIpc) is 2.79. The molecule has 1 atom stereocenters. The molecule has 3 rings (SSSR count). The highest BCUT2D eigenvalue weighted by atomic mass is 35.5. The first-order valence-corrected chi connectivity index (χ1v) is 11.3. The number of carbonyl (C=O) groups excluding carboxylic acids is 3. The second kappa shape index (κ2) is 12.0. The largest absolute Gasteiger partial charge is 0.383 e. The highest BCUT2D eigenvalue weighted by Crippen LogP contribution is 2.23. The number of aromatic nitrogens is 1. The Balaban J connectivity index is 1.74. The van der Waals surface area contributed by atoms with Crippen molar-refractivity contribution >= 4 is 40.9 Å². The predicted octanol–water partition coefficient (Wildman–Crippen LogP) is 2.32. The van der Waals surface area contributed by atoms with Gasteiger partial charge in [-0.2, -0.15) is 0 Å². The quantitative estimate of drug-likeness (QED) is 0.513. The van der Waals surface area contributed by atoms with Crippen LogP contribution in [0.2, 0.25) is 10.0 Å². The maximum Gasteiger partial charge on any atom is 0.246 e. The van der Waals surface area contributed by atoms with Gasteiger partial charge in [0.15, 0.2) is 0 Å². The molecule has 1 aliphatic heterocycles. The van der Waals surface area contributed by atoms with E-state index >= 15 is 0 Å². The van der Waals surface area contributed by atoms with E-state index in [1.54, 1.807) is 42.7 Å². The first-order chi connectivity index (χ1) is 15.9. The fraction of sp³-hybridized carbons (Fsp3) is 0.391. The molecule has 176 valence electrons. The number of pyridine rings is 1. The first-order valence-electron chi connectivity index (χ1n) is 10.6. The van der Waals surface area contributed by atoms with Crippen molar-refractivity contribution in [2.75, 3.05) is 33.4 Å². The Morgan fingerprint density at radius 1 is 1.21 bits per heavy atom. The third kappa shape index (κ3) is 6.90. The van der Waals surface area contributed by atoms with E-state index in [9.17, 15) is 14.4 Å². The van der Waals surface area contributed by atoms with Crippen LogP contribution in [0.15, 0.2) is 42.7 Å². The zero-order valence-electron chi connectivity index (χ0n) is 18.3. The maximum atomic E-state index is 13.4. The Morgan fingerprint density at radius 2 is 1.97 bits per heavy atom. The average molecular weight is 493 g/mol. The number of nitrogens with zero attached hydrogens (tertiary/aromatic N) is 3. The molecule has 8 nitrogen and oxygen atoms in total. The summed E-state index contributed by atoms with van der Waals surface area (Å²) in [4.78, 5) is 45.8. The summed E-state index contributed by atoms with van der Waals surface area (Å²) in [5.74, 6) is -0.806. The van der Waals surface area contributed by atoms with Crippen LogP contribution in [0, 0.1) is 0 Å². The molecule has 33 heavy (non-hydrogen) atoms. The van der Waals surface area contributed by atoms with Crippen molar-refractivity contribution in [1.82, 2.24) is 20.1 Å². The van der Waals surface area contributed by atoms with Gasteiger partial charge in [0.25, 0.3) is 0 Å². The van der Waals surface area contributed by atoms with E-state index in [2.05, 4.69) is 10.3 Å². The molecule has 2 heterocycles. The monoisotopic (exact) mass is 492 g/mol. The molecule has 0 radical (unpaired) electrons. The van der Waals surface area contributed by atoms with Crippen molar-refractivity contribution in [2.24, 2.45) is 0 Å². The number of piperazine rings is 1. The Hall–Kier alpha value is -2.68. The lowest BCUT2D eigenvalue weighted by Crippen LogP contribution is -2.60. The van der Waals surface area contributed by atoms with Gasteiger partial charge in [-0.3, -0.25) is 19.4 Å². The minimum atomic E-state index is -0.900. The molecule has 2 aromatic rings. The van der Waals surface area contributed by atoms with Crippen LogP contribution in [0.5, 0.6) is 0 Å². The number of ether oxygens (including phenoxy) is 1. The minimum Gasteiger partial charge on any atom is -0.383 e. The molecular formula is C23H26Cl2N4O4. The molecule has 10 heteroatoms. The van der Waals surface area contributed by atoms with Gasteiger partial charge >= 0.3 is 0 Å². The van der Waals surface area contributed by atoms with E-state index in [-0.39, 0.29) is 37.2 Å². The molecule has 1 aromatic carbocycles. The lowest BCUT2D eigenvalue weighted by molar-refractivity contribution is -0.157. The standard InChI is InChI=1S/C23H26Cl2N4O4/c1-33-11-9-27-21(30)13-20-23(32)28(10-6-17-2-3-18(24)12-19(17)25)15-22(31)29(20)14-16-4-7-26-8-5-16/h2-5,7-8,12,20H,6,9-11,13-15H2,1H3,(H,27,30). The Morgan fingerprint density at radius 3 is 2.67 bits per heavy atom. The van der Waals surface area contributed by atoms with Crippen LogP contribution in [0.4, 0.5) is 0 Å². The summed E-state index contributed by atoms with van der Waals surface area (Å²) in [7, 11) is 1.54. The number of nitrogens with one attached hydrogen (secondary N) is 1. The highest BCUT2D eigenvalue weighted by Gasteiger charge is 2.40. The van der Waals surface area contributed by atoms with Crippen molar-refractivity contribution in [1.29, 1.82) is 0 Å². The third-order valence-electron chi connectivity index (χ3n) is 5.39. The van der Waals surface area contributed by atoms with Crippen molar-refractivity contribution < 1.29 is 19.1 Å². The van der Waals surface area contributed by atoms with E-state index in [1.165, 1.54) is 16.9 Å². The van der Waals surface area contributed by atoms with Crippen LogP contribution in [0.3, 0.4) is 0 Å². The number of halogens is 2. The van der Waals surface area contributed by atoms with Gasteiger partial charge in [-0.25, -0.2) is 0 Å². The van der Waals surface area contributed by atoms with Crippen LogP contribution in [0.1, 0.15) is 17.5 Å². The number of methoxy groups -OCH3 is 1. The Labute approximate surface area is 202 Å². The van der Waals surface area contributed by atoms with Gasteiger partial charge in [0.2, 0.25) is 17.7 Å². The van der Waals surface area contributed by atoms with Gasteiger partial charge in [0.1, 0.15) is 6.04 Å². The number of amides is 3. The number of rotatable bonds is 10. The van der Waals surface area contributed by atoms with Crippen LogP contribution in [-0.2, 0) is 32.1 Å². The van der Waals surface area contributed by atoms with E-state index in [0.717, 1.165) is 11.1 Å². The highest BCUT2D eigenvalue weighted by molar-refractivity contribution is 6.35. The molecule has 1 N–H and O–H groups in total. The summed E-state index contributed by atoms with van der Waals surface area (Å²) in [5.41, 5.74) is 1.66. The van der Waals surface area contributed by atoms with Crippen LogP contribution in [-0.4, -0.2) is 71.9 Å². The molecule has 0 spiro atoms. The Kier molecular flexibility index (Phi) is 9.05. The molecular weight excluding hydrogens is 467 g/mol. The normalized spacial score (nSPS) is 16.3. The summed E-state index contributed by atoms with van der Waals surface area (Å²) >= 11 is 12.2. The molecule has 1 unspecified atom stereocenters. The van der Waals surface area contributed by atoms with Crippen molar-refractivity contribution in [3.05, 3.63) is 63.9 Å². The fourth-order valence-corrected chi connectivity index (χ4v) is 4.14. The van der Waals surface area contributed by atoms with E-state index < -0.39 is 6.04 Å². The van der Waals surface area contributed by atoms with Crippen molar-refractivity contribution in [3.8, 4) is 0 Å². The topological polar surface area (TPSA) is 91.8 Å². The molecule has 0 saturated carbocycles. The molecule has 1 saturated heterocycles.